The Morgan fingerprint density at radius 1 is 1.09 bits per heavy atom. The Bertz CT molecular complexity index is 856. The maximum Gasteiger partial charge on any atom is 0.257 e. The van der Waals surface area contributed by atoms with Crippen molar-refractivity contribution in [3.8, 4) is 11.3 Å². The molecule has 2 aromatic carbocycles. The van der Waals surface area contributed by atoms with Crippen LogP contribution in [0.1, 0.15) is 20.8 Å². The summed E-state index contributed by atoms with van der Waals surface area (Å²) in [6, 6.07) is 15.5. The van der Waals surface area contributed by atoms with Crippen molar-refractivity contribution in [3.63, 3.8) is 0 Å². The van der Waals surface area contributed by atoms with Crippen LogP contribution < -0.4 is 5.32 Å². The van der Waals surface area contributed by atoms with Crippen LogP contribution in [0.5, 0.6) is 0 Å². The Kier molecular flexibility index (Phi) is 4.59. The number of carbonyl (C=O) groups excluding carboxylic acids is 1. The molecule has 3 aromatic rings. The van der Waals surface area contributed by atoms with E-state index in [-0.39, 0.29) is 5.91 Å². The summed E-state index contributed by atoms with van der Waals surface area (Å²) >= 11 is 4.92. The number of halogens is 1. The number of aromatic nitrogens is 1. The van der Waals surface area contributed by atoms with Crippen LogP contribution in [0.25, 0.3) is 11.3 Å². The molecular formula is C18H15BrN2OS. The molecule has 0 fully saturated rings. The van der Waals surface area contributed by atoms with Crippen molar-refractivity contribution in [2.75, 3.05) is 5.32 Å². The first-order valence-electron chi connectivity index (χ1n) is 7.15. The van der Waals surface area contributed by atoms with E-state index in [1.54, 1.807) is 0 Å². The molecule has 1 amide bonds. The minimum atomic E-state index is -0.126. The first-order chi connectivity index (χ1) is 11.0. The first kappa shape index (κ1) is 15.9. The van der Waals surface area contributed by atoms with Crippen LogP contribution in [0, 0.1) is 13.8 Å². The zero-order chi connectivity index (χ0) is 16.4. The van der Waals surface area contributed by atoms with Gasteiger partial charge in [-0.1, -0.05) is 46.3 Å². The van der Waals surface area contributed by atoms with Crippen molar-refractivity contribution in [1.82, 2.24) is 4.98 Å². The first-order valence-corrected chi connectivity index (χ1v) is 8.76. The summed E-state index contributed by atoms with van der Waals surface area (Å²) in [5.41, 5.74) is 3.57. The number of carbonyl (C=O) groups is 1. The molecule has 0 saturated heterocycles. The molecule has 0 saturated carbocycles. The Labute approximate surface area is 147 Å². The third kappa shape index (κ3) is 3.51. The Hall–Kier alpha value is -1.98. The lowest BCUT2D eigenvalue weighted by Crippen LogP contribution is -2.12. The molecule has 0 unspecified atom stereocenters. The smallest absolute Gasteiger partial charge is 0.257 e. The molecule has 0 spiro atoms. The molecule has 23 heavy (non-hydrogen) atoms. The normalized spacial score (nSPS) is 10.6. The van der Waals surface area contributed by atoms with Crippen LogP contribution in [0.4, 0.5) is 5.13 Å². The van der Waals surface area contributed by atoms with Crippen molar-refractivity contribution in [3.05, 3.63) is 69.0 Å². The summed E-state index contributed by atoms with van der Waals surface area (Å²) in [6.45, 7) is 3.94. The SMILES string of the molecule is Cc1ccccc1C(=O)Nc1nc(-c2ccc(Br)cc2)c(C)s1. The number of nitrogens with one attached hydrogen (secondary N) is 1. The average Bonchev–Trinajstić information content (AvgIpc) is 2.89. The van der Waals surface area contributed by atoms with Gasteiger partial charge in [-0.2, -0.15) is 0 Å². The summed E-state index contributed by atoms with van der Waals surface area (Å²) in [5, 5.41) is 3.52. The Morgan fingerprint density at radius 3 is 2.48 bits per heavy atom. The van der Waals surface area contributed by atoms with Crippen molar-refractivity contribution < 1.29 is 4.79 Å². The van der Waals surface area contributed by atoms with Gasteiger partial charge < -0.3 is 0 Å². The molecule has 0 atom stereocenters. The number of nitrogens with zero attached hydrogens (tertiary/aromatic N) is 1. The maximum atomic E-state index is 12.4. The summed E-state index contributed by atoms with van der Waals surface area (Å²) in [7, 11) is 0. The van der Waals surface area contributed by atoms with E-state index in [0.29, 0.717) is 10.7 Å². The van der Waals surface area contributed by atoms with E-state index in [1.807, 2.05) is 62.4 Å². The quantitative estimate of drug-likeness (QED) is 0.650. The second-order valence-corrected chi connectivity index (χ2v) is 7.32. The third-order valence-corrected chi connectivity index (χ3v) is 4.94. The monoisotopic (exact) mass is 386 g/mol. The van der Waals surface area contributed by atoms with E-state index >= 15 is 0 Å². The van der Waals surface area contributed by atoms with Gasteiger partial charge in [0, 0.05) is 20.5 Å². The fourth-order valence-electron chi connectivity index (χ4n) is 2.32. The molecule has 1 heterocycles. The van der Waals surface area contributed by atoms with Gasteiger partial charge in [0.2, 0.25) is 0 Å². The highest BCUT2D eigenvalue weighted by atomic mass is 79.9. The van der Waals surface area contributed by atoms with E-state index in [9.17, 15) is 4.79 Å². The predicted molar refractivity (Wildman–Crippen MR) is 99.1 cm³/mol. The minimum absolute atomic E-state index is 0.126. The van der Waals surface area contributed by atoms with E-state index in [2.05, 4.69) is 26.2 Å². The van der Waals surface area contributed by atoms with Gasteiger partial charge in [0.05, 0.1) is 5.69 Å². The topological polar surface area (TPSA) is 42.0 Å². The highest BCUT2D eigenvalue weighted by molar-refractivity contribution is 9.10. The maximum absolute atomic E-state index is 12.4. The molecule has 1 N–H and O–H groups in total. The average molecular weight is 387 g/mol. The molecule has 1 aromatic heterocycles. The van der Waals surface area contributed by atoms with Crippen LogP contribution in [-0.4, -0.2) is 10.9 Å². The molecule has 0 radical (unpaired) electrons. The van der Waals surface area contributed by atoms with Gasteiger partial charge in [0.1, 0.15) is 0 Å². The number of amides is 1. The zero-order valence-corrected chi connectivity index (χ0v) is 15.2. The van der Waals surface area contributed by atoms with Crippen LogP contribution in [0.2, 0.25) is 0 Å². The molecule has 0 bridgehead atoms. The van der Waals surface area contributed by atoms with Gasteiger partial charge in [0.15, 0.2) is 5.13 Å². The van der Waals surface area contributed by atoms with Gasteiger partial charge in [-0.25, -0.2) is 4.98 Å². The molecule has 0 aliphatic heterocycles. The van der Waals surface area contributed by atoms with Crippen LogP contribution in [0.3, 0.4) is 0 Å². The summed E-state index contributed by atoms with van der Waals surface area (Å²) in [4.78, 5) is 18.0. The predicted octanol–water partition coefficient (Wildman–Crippen LogP) is 5.44. The van der Waals surface area contributed by atoms with Crippen molar-refractivity contribution in [2.24, 2.45) is 0 Å². The molecule has 0 aliphatic carbocycles. The van der Waals surface area contributed by atoms with Gasteiger partial charge in [-0.3, -0.25) is 10.1 Å². The van der Waals surface area contributed by atoms with Crippen molar-refractivity contribution in [2.45, 2.75) is 13.8 Å². The molecule has 5 heteroatoms. The number of rotatable bonds is 3. The molecule has 3 rings (SSSR count). The van der Waals surface area contributed by atoms with E-state index < -0.39 is 0 Å². The van der Waals surface area contributed by atoms with Gasteiger partial charge in [-0.05, 0) is 37.6 Å². The summed E-state index contributed by atoms with van der Waals surface area (Å²) in [5.74, 6) is -0.126. The van der Waals surface area contributed by atoms with E-state index in [0.717, 1.165) is 26.2 Å². The van der Waals surface area contributed by atoms with Crippen molar-refractivity contribution >= 4 is 38.3 Å². The zero-order valence-electron chi connectivity index (χ0n) is 12.8. The summed E-state index contributed by atoms with van der Waals surface area (Å²) < 4.78 is 1.03. The number of anilines is 1. The molecule has 3 nitrogen and oxygen atoms in total. The second-order valence-electron chi connectivity index (χ2n) is 5.20. The van der Waals surface area contributed by atoms with E-state index in [4.69, 9.17) is 0 Å². The summed E-state index contributed by atoms with van der Waals surface area (Å²) in [6.07, 6.45) is 0. The number of benzene rings is 2. The van der Waals surface area contributed by atoms with Crippen LogP contribution in [-0.2, 0) is 0 Å². The largest absolute Gasteiger partial charge is 0.298 e. The molecular weight excluding hydrogens is 372 g/mol. The van der Waals surface area contributed by atoms with Gasteiger partial charge >= 0.3 is 0 Å². The third-order valence-electron chi connectivity index (χ3n) is 3.52. The Morgan fingerprint density at radius 2 is 1.78 bits per heavy atom. The number of hydrogen-bond donors (Lipinski definition) is 1. The van der Waals surface area contributed by atoms with Gasteiger partial charge in [-0.15, -0.1) is 11.3 Å². The number of thiazole rings is 1. The highest BCUT2D eigenvalue weighted by Crippen LogP contribution is 2.31. The van der Waals surface area contributed by atoms with E-state index in [1.165, 1.54) is 11.3 Å². The van der Waals surface area contributed by atoms with Crippen molar-refractivity contribution in [1.29, 1.82) is 0 Å². The number of hydrogen-bond acceptors (Lipinski definition) is 3. The standard InChI is InChI=1S/C18H15BrN2OS/c1-11-5-3-4-6-15(11)17(22)21-18-20-16(12(2)23-18)13-7-9-14(19)10-8-13/h3-10H,1-2H3,(H,20,21,22). The number of aryl methyl sites for hydroxylation is 2. The molecule has 0 aliphatic rings. The lowest BCUT2D eigenvalue weighted by atomic mass is 10.1. The lowest BCUT2D eigenvalue weighted by molar-refractivity contribution is 0.102. The molecule has 116 valence electrons. The fourth-order valence-corrected chi connectivity index (χ4v) is 3.41. The minimum Gasteiger partial charge on any atom is -0.298 e. The Balaban J connectivity index is 1.85. The van der Waals surface area contributed by atoms with Crippen LogP contribution >= 0.6 is 27.3 Å². The second kappa shape index (κ2) is 6.64. The highest BCUT2D eigenvalue weighted by Gasteiger charge is 2.14. The fraction of sp³-hybridized carbons (Fsp3) is 0.111. The van der Waals surface area contributed by atoms with Crippen LogP contribution in [0.15, 0.2) is 53.0 Å². The lowest BCUT2D eigenvalue weighted by Gasteiger charge is -2.04. The van der Waals surface area contributed by atoms with Gasteiger partial charge in [0.25, 0.3) is 5.91 Å².